The Morgan fingerprint density at radius 1 is 1.42 bits per heavy atom. The van der Waals surface area contributed by atoms with Gasteiger partial charge in [-0.05, 0) is 19.1 Å². The van der Waals surface area contributed by atoms with Crippen LogP contribution < -0.4 is 10.6 Å². The number of halogens is 2. The van der Waals surface area contributed by atoms with Gasteiger partial charge in [0, 0.05) is 37.4 Å². The van der Waals surface area contributed by atoms with Crippen LogP contribution in [-0.2, 0) is 4.79 Å². The van der Waals surface area contributed by atoms with E-state index in [0.29, 0.717) is 0 Å². The molecule has 0 unspecified atom stereocenters. The predicted molar refractivity (Wildman–Crippen MR) is 68.9 cm³/mol. The van der Waals surface area contributed by atoms with Crippen LogP contribution in [0.5, 0.6) is 0 Å². The number of rotatable bonds is 3. The molecule has 1 aliphatic rings. The zero-order valence-corrected chi connectivity index (χ0v) is 10.7. The Kier molecular flexibility index (Phi) is 4.44. The summed E-state index contributed by atoms with van der Waals surface area (Å²) in [6.07, 6.45) is 0. The number of hydrogen-bond donors (Lipinski definition) is 2. The Morgan fingerprint density at radius 2 is 2.11 bits per heavy atom. The summed E-state index contributed by atoms with van der Waals surface area (Å²) in [7, 11) is 0. The second-order valence-corrected chi connectivity index (χ2v) is 4.73. The summed E-state index contributed by atoms with van der Waals surface area (Å²) in [6.45, 7) is 4.71. The minimum Gasteiger partial charge on any atom is -0.325 e. The Hall–Kier alpha value is -1.53. The van der Waals surface area contributed by atoms with Gasteiger partial charge in [-0.15, -0.1) is 0 Å². The van der Waals surface area contributed by atoms with Crippen molar-refractivity contribution in [2.75, 3.05) is 31.5 Å². The molecular formula is C13H17F2N3O. The van der Waals surface area contributed by atoms with Gasteiger partial charge in [0.2, 0.25) is 5.91 Å². The summed E-state index contributed by atoms with van der Waals surface area (Å²) < 4.78 is 26.0. The first kappa shape index (κ1) is 13.9. The SMILES string of the molecule is C[C@H]1CNCCN1CC(=O)Nc1cc(F)cc(F)c1. The quantitative estimate of drug-likeness (QED) is 0.866. The smallest absolute Gasteiger partial charge is 0.238 e. The van der Waals surface area contributed by atoms with Crippen LogP contribution in [0.1, 0.15) is 6.92 Å². The molecule has 1 aromatic rings. The predicted octanol–water partition coefficient (Wildman–Crippen LogP) is 1.20. The van der Waals surface area contributed by atoms with Crippen molar-refractivity contribution in [3.63, 3.8) is 0 Å². The molecule has 104 valence electrons. The minimum atomic E-state index is -0.703. The highest BCUT2D eigenvalue weighted by Crippen LogP contribution is 2.13. The largest absolute Gasteiger partial charge is 0.325 e. The van der Waals surface area contributed by atoms with Crippen molar-refractivity contribution in [1.82, 2.24) is 10.2 Å². The average molecular weight is 269 g/mol. The van der Waals surface area contributed by atoms with Crippen molar-refractivity contribution < 1.29 is 13.6 Å². The number of anilines is 1. The molecule has 0 aliphatic carbocycles. The van der Waals surface area contributed by atoms with Crippen molar-refractivity contribution in [3.05, 3.63) is 29.8 Å². The van der Waals surface area contributed by atoms with Crippen LogP contribution in [-0.4, -0.2) is 43.0 Å². The average Bonchev–Trinajstić information content (AvgIpc) is 2.30. The second-order valence-electron chi connectivity index (χ2n) is 4.73. The lowest BCUT2D eigenvalue weighted by Crippen LogP contribution is -2.51. The van der Waals surface area contributed by atoms with E-state index in [9.17, 15) is 13.6 Å². The molecule has 2 N–H and O–H groups in total. The van der Waals surface area contributed by atoms with Crippen LogP contribution in [0.2, 0.25) is 0 Å². The number of hydrogen-bond acceptors (Lipinski definition) is 3. The van der Waals surface area contributed by atoms with Crippen molar-refractivity contribution in [2.24, 2.45) is 0 Å². The Bertz CT molecular complexity index is 447. The molecule has 2 rings (SSSR count). The number of piperazine rings is 1. The standard InChI is InChI=1S/C13H17F2N3O/c1-9-7-16-2-3-18(9)8-13(19)17-12-5-10(14)4-11(15)6-12/h4-6,9,16H,2-3,7-8H2,1H3,(H,17,19)/t9-/m0/s1. The highest BCUT2D eigenvalue weighted by Gasteiger charge is 2.20. The summed E-state index contributed by atoms with van der Waals surface area (Å²) in [5.41, 5.74) is 0.144. The molecule has 0 aromatic heterocycles. The molecular weight excluding hydrogens is 252 g/mol. The highest BCUT2D eigenvalue weighted by atomic mass is 19.1. The normalized spacial score (nSPS) is 20.3. The lowest BCUT2D eigenvalue weighted by molar-refractivity contribution is -0.118. The molecule has 1 aromatic carbocycles. The van der Waals surface area contributed by atoms with Crippen molar-refractivity contribution >= 4 is 11.6 Å². The van der Waals surface area contributed by atoms with Gasteiger partial charge in [0.05, 0.1) is 6.54 Å². The van der Waals surface area contributed by atoms with E-state index in [1.807, 2.05) is 11.8 Å². The molecule has 1 heterocycles. The van der Waals surface area contributed by atoms with Crippen LogP contribution >= 0.6 is 0 Å². The summed E-state index contributed by atoms with van der Waals surface area (Å²) in [4.78, 5) is 13.9. The first-order valence-electron chi connectivity index (χ1n) is 6.25. The van der Waals surface area contributed by atoms with E-state index in [0.717, 1.165) is 37.8 Å². The van der Waals surface area contributed by atoms with Crippen LogP contribution in [0.25, 0.3) is 0 Å². The zero-order valence-electron chi connectivity index (χ0n) is 10.7. The maximum Gasteiger partial charge on any atom is 0.238 e. The molecule has 6 heteroatoms. The first-order chi connectivity index (χ1) is 9.04. The number of nitrogens with one attached hydrogen (secondary N) is 2. The summed E-state index contributed by atoms with van der Waals surface area (Å²) in [5, 5.41) is 5.74. The van der Waals surface area contributed by atoms with Crippen molar-refractivity contribution in [1.29, 1.82) is 0 Å². The molecule has 19 heavy (non-hydrogen) atoms. The third-order valence-corrected chi connectivity index (χ3v) is 3.13. The second kappa shape index (κ2) is 6.08. The lowest BCUT2D eigenvalue weighted by Gasteiger charge is -2.33. The van der Waals surface area contributed by atoms with Gasteiger partial charge >= 0.3 is 0 Å². The Labute approximate surface area is 110 Å². The molecule has 4 nitrogen and oxygen atoms in total. The van der Waals surface area contributed by atoms with E-state index in [2.05, 4.69) is 10.6 Å². The summed E-state index contributed by atoms with van der Waals surface area (Å²) in [5.74, 6) is -1.67. The third kappa shape index (κ3) is 3.97. The Balaban J connectivity index is 1.93. The maximum atomic E-state index is 13.0. The van der Waals surface area contributed by atoms with Crippen LogP contribution in [0.15, 0.2) is 18.2 Å². The van der Waals surface area contributed by atoms with Gasteiger partial charge < -0.3 is 10.6 Å². The summed E-state index contributed by atoms with van der Waals surface area (Å²) >= 11 is 0. The number of carbonyl (C=O) groups is 1. The number of nitrogens with zero attached hydrogens (tertiary/aromatic N) is 1. The molecule has 1 aliphatic heterocycles. The zero-order chi connectivity index (χ0) is 13.8. The number of amides is 1. The molecule has 1 amide bonds. The van der Waals surface area contributed by atoms with E-state index in [1.54, 1.807) is 0 Å². The van der Waals surface area contributed by atoms with Gasteiger partial charge in [-0.3, -0.25) is 9.69 Å². The van der Waals surface area contributed by atoms with E-state index in [1.165, 1.54) is 0 Å². The minimum absolute atomic E-state index is 0.144. The number of carbonyl (C=O) groups excluding carboxylic acids is 1. The molecule has 1 atom stereocenters. The third-order valence-electron chi connectivity index (χ3n) is 3.13. The lowest BCUT2D eigenvalue weighted by atomic mass is 10.2. The highest BCUT2D eigenvalue weighted by molar-refractivity contribution is 5.92. The van der Waals surface area contributed by atoms with E-state index in [4.69, 9.17) is 0 Å². The van der Waals surface area contributed by atoms with Crippen LogP contribution in [0.4, 0.5) is 14.5 Å². The molecule has 0 radical (unpaired) electrons. The topological polar surface area (TPSA) is 44.4 Å². The summed E-state index contributed by atoms with van der Waals surface area (Å²) in [6, 6.07) is 3.24. The van der Waals surface area contributed by atoms with E-state index in [-0.39, 0.29) is 24.2 Å². The molecule has 0 bridgehead atoms. The van der Waals surface area contributed by atoms with Gasteiger partial charge in [-0.25, -0.2) is 8.78 Å². The van der Waals surface area contributed by atoms with Gasteiger partial charge in [-0.1, -0.05) is 0 Å². The molecule has 0 saturated carbocycles. The monoisotopic (exact) mass is 269 g/mol. The van der Waals surface area contributed by atoms with Gasteiger partial charge in [0.15, 0.2) is 0 Å². The fraction of sp³-hybridized carbons (Fsp3) is 0.462. The molecule has 1 fully saturated rings. The molecule has 0 spiro atoms. The fourth-order valence-electron chi connectivity index (χ4n) is 2.13. The van der Waals surface area contributed by atoms with Gasteiger partial charge in [0.25, 0.3) is 0 Å². The van der Waals surface area contributed by atoms with Crippen molar-refractivity contribution in [3.8, 4) is 0 Å². The molecule has 1 saturated heterocycles. The fourth-order valence-corrected chi connectivity index (χ4v) is 2.13. The van der Waals surface area contributed by atoms with Crippen LogP contribution in [0.3, 0.4) is 0 Å². The van der Waals surface area contributed by atoms with Gasteiger partial charge in [0.1, 0.15) is 11.6 Å². The Morgan fingerprint density at radius 3 is 2.74 bits per heavy atom. The van der Waals surface area contributed by atoms with Crippen molar-refractivity contribution in [2.45, 2.75) is 13.0 Å². The number of benzene rings is 1. The van der Waals surface area contributed by atoms with E-state index < -0.39 is 11.6 Å². The van der Waals surface area contributed by atoms with E-state index >= 15 is 0 Å². The van der Waals surface area contributed by atoms with Gasteiger partial charge in [-0.2, -0.15) is 0 Å². The first-order valence-corrected chi connectivity index (χ1v) is 6.25. The van der Waals surface area contributed by atoms with Crippen LogP contribution in [0, 0.1) is 11.6 Å². The maximum absolute atomic E-state index is 13.0.